The van der Waals surface area contributed by atoms with Crippen LogP contribution in [0.5, 0.6) is 0 Å². The summed E-state index contributed by atoms with van der Waals surface area (Å²) in [5.41, 5.74) is 1.55. The summed E-state index contributed by atoms with van der Waals surface area (Å²) < 4.78 is 0.891. The molecule has 1 aromatic heterocycles. The van der Waals surface area contributed by atoms with E-state index in [4.69, 9.17) is 0 Å². The monoisotopic (exact) mass is 609 g/mol. The first-order chi connectivity index (χ1) is 19.4. The molecule has 0 bridgehead atoms. The van der Waals surface area contributed by atoms with Crippen molar-refractivity contribution in [1.82, 2.24) is 25.1 Å². The van der Waals surface area contributed by atoms with Crippen LogP contribution in [-0.4, -0.2) is 95.3 Å². The predicted molar refractivity (Wildman–Crippen MR) is 151 cm³/mol. The van der Waals surface area contributed by atoms with E-state index in [9.17, 15) is 19.2 Å². The second kappa shape index (κ2) is 11.2. The van der Waals surface area contributed by atoms with Crippen molar-refractivity contribution in [1.29, 1.82) is 0 Å². The Labute approximate surface area is 241 Å². The minimum absolute atomic E-state index is 0.111. The summed E-state index contributed by atoms with van der Waals surface area (Å²) in [6.07, 6.45) is 7.34. The van der Waals surface area contributed by atoms with Gasteiger partial charge in [0.2, 0.25) is 17.8 Å². The van der Waals surface area contributed by atoms with E-state index in [1.807, 2.05) is 6.07 Å². The fourth-order valence-corrected chi connectivity index (χ4v) is 6.35. The van der Waals surface area contributed by atoms with Crippen LogP contribution in [0, 0.1) is 5.92 Å². The number of hydrogen-bond donors (Lipinski definition) is 1. The number of piperazine rings is 1. The summed E-state index contributed by atoms with van der Waals surface area (Å²) >= 11 is 3.39. The van der Waals surface area contributed by atoms with Crippen LogP contribution in [-0.2, 0) is 9.59 Å². The van der Waals surface area contributed by atoms with E-state index in [1.165, 1.54) is 6.42 Å². The van der Waals surface area contributed by atoms with Gasteiger partial charge in [-0.1, -0.05) is 0 Å². The number of nitrogens with one attached hydrogen (secondary N) is 1. The molecule has 0 saturated carbocycles. The first kappa shape index (κ1) is 26.8. The maximum atomic E-state index is 13.2. The van der Waals surface area contributed by atoms with Crippen LogP contribution in [0.4, 0.5) is 11.6 Å². The molecule has 210 valence electrons. The number of carbonyl (C=O) groups excluding carboxylic acids is 4. The molecule has 2 aromatic rings. The number of benzene rings is 1. The average molecular weight is 611 g/mol. The maximum absolute atomic E-state index is 13.2. The molecule has 0 radical (unpaired) electrons. The normalized spacial score (nSPS) is 22.6. The topological polar surface area (TPSA) is 119 Å². The van der Waals surface area contributed by atoms with Crippen molar-refractivity contribution in [3.05, 3.63) is 46.2 Å². The molecule has 5 heterocycles. The van der Waals surface area contributed by atoms with Gasteiger partial charge in [-0.05, 0) is 72.3 Å². The molecule has 0 spiro atoms. The standard InChI is InChI=1S/C28H32BrN7O4/c29-19-16-30-28(31-17-19)35-9-6-18(7-10-35)5-8-33-11-13-34(14-12-33)20-1-2-21-22(15-20)27(40)36(26(21)39)23-3-4-24(37)32-25(23)38/h1-2,15-18,23H,3-14H2,(H,32,37,38). The summed E-state index contributed by atoms with van der Waals surface area (Å²) in [7, 11) is 0. The molecule has 4 aliphatic heterocycles. The third-order valence-electron chi connectivity index (χ3n) is 8.52. The van der Waals surface area contributed by atoms with Crippen LogP contribution in [0.3, 0.4) is 0 Å². The minimum atomic E-state index is -0.946. The van der Waals surface area contributed by atoms with E-state index in [1.54, 1.807) is 24.5 Å². The molecule has 12 heteroatoms. The molecule has 1 N–H and O–H groups in total. The molecule has 4 amide bonds. The SMILES string of the molecule is O=C1CCC(N2C(=O)c3ccc(N4CCN(CCC5CCN(c6ncc(Br)cn6)CC5)CC4)cc3C2=O)C(=O)N1. The number of hydrogen-bond acceptors (Lipinski definition) is 9. The maximum Gasteiger partial charge on any atom is 0.262 e. The van der Waals surface area contributed by atoms with E-state index in [0.717, 1.165) is 79.7 Å². The van der Waals surface area contributed by atoms with Gasteiger partial charge in [-0.25, -0.2) is 9.97 Å². The van der Waals surface area contributed by atoms with Gasteiger partial charge in [-0.15, -0.1) is 0 Å². The number of amides is 4. The van der Waals surface area contributed by atoms with Crippen LogP contribution >= 0.6 is 15.9 Å². The summed E-state index contributed by atoms with van der Waals surface area (Å²) in [5, 5.41) is 2.24. The summed E-state index contributed by atoms with van der Waals surface area (Å²) in [6, 6.07) is 4.41. The number of piperidine rings is 2. The lowest BCUT2D eigenvalue weighted by Crippen LogP contribution is -2.54. The van der Waals surface area contributed by atoms with Gasteiger partial charge in [-0.2, -0.15) is 0 Å². The van der Waals surface area contributed by atoms with Crippen molar-refractivity contribution in [2.75, 3.05) is 55.6 Å². The fraction of sp³-hybridized carbons (Fsp3) is 0.500. The van der Waals surface area contributed by atoms with Gasteiger partial charge in [0.15, 0.2) is 0 Å². The molecule has 3 saturated heterocycles. The first-order valence-corrected chi connectivity index (χ1v) is 14.7. The molecule has 1 aromatic carbocycles. The van der Waals surface area contributed by atoms with Crippen LogP contribution in [0.25, 0.3) is 0 Å². The molecule has 4 aliphatic rings. The second-order valence-corrected chi connectivity index (χ2v) is 11.8. The van der Waals surface area contributed by atoms with Crippen molar-refractivity contribution >= 4 is 51.2 Å². The van der Waals surface area contributed by atoms with Gasteiger partial charge in [0, 0.05) is 63.8 Å². The largest absolute Gasteiger partial charge is 0.369 e. The molecule has 1 atom stereocenters. The Morgan fingerprint density at radius 1 is 0.850 bits per heavy atom. The number of imide groups is 2. The van der Waals surface area contributed by atoms with E-state index >= 15 is 0 Å². The highest BCUT2D eigenvalue weighted by Crippen LogP contribution is 2.31. The van der Waals surface area contributed by atoms with Gasteiger partial charge < -0.3 is 9.80 Å². The van der Waals surface area contributed by atoms with E-state index in [2.05, 4.69) is 45.9 Å². The van der Waals surface area contributed by atoms with Crippen molar-refractivity contribution in [2.45, 2.75) is 38.1 Å². The quantitative estimate of drug-likeness (QED) is 0.491. The molecule has 1 unspecified atom stereocenters. The highest BCUT2D eigenvalue weighted by atomic mass is 79.9. The van der Waals surface area contributed by atoms with Gasteiger partial charge in [-0.3, -0.25) is 34.3 Å². The summed E-state index contributed by atoms with van der Waals surface area (Å²) in [4.78, 5) is 66.9. The lowest BCUT2D eigenvalue weighted by Gasteiger charge is -2.37. The number of aromatic nitrogens is 2. The smallest absolute Gasteiger partial charge is 0.262 e. The van der Waals surface area contributed by atoms with Crippen LogP contribution < -0.4 is 15.1 Å². The average Bonchev–Trinajstić information content (AvgIpc) is 3.22. The number of carbonyl (C=O) groups is 4. The molecule has 6 rings (SSSR count). The highest BCUT2D eigenvalue weighted by Gasteiger charge is 2.44. The van der Waals surface area contributed by atoms with Crippen LogP contribution in [0.2, 0.25) is 0 Å². The van der Waals surface area contributed by atoms with Crippen molar-refractivity contribution in [3.8, 4) is 0 Å². The van der Waals surface area contributed by atoms with E-state index in [0.29, 0.717) is 17.0 Å². The number of fused-ring (bicyclic) bond motifs is 1. The zero-order valence-corrected chi connectivity index (χ0v) is 23.8. The lowest BCUT2D eigenvalue weighted by molar-refractivity contribution is -0.136. The predicted octanol–water partition coefficient (Wildman–Crippen LogP) is 2.07. The molecule has 11 nitrogen and oxygen atoms in total. The Morgan fingerprint density at radius 3 is 2.25 bits per heavy atom. The van der Waals surface area contributed by atoms with Gasteiger partial charge >= 0.3 is 0 Å². The number of rotatable bonds is 6. The minimum Gasteiger partial charge on any atom is -0.369 e. The number of nitrogens with zero attached hydrogens (tertiary/aromatic N) is 6. The molecular weight excluding hydrogens is 578 g/mol. The molecule has 3 fully saturated rings. The third kappa shape index (κ3) is 5.34. The number of halogens is 1. The molecular formula is C28H32BrN7O4. The first-order valence-electron chi connectivity index (χ1n) is 13.9. The highest BCUT2D eigenvalue weighted by molar-refractivity contribution is 9.10. The van der Waals surface area contributed by atoms with Crippen LogP contribution in [0.1, 0.15) is 52.8 Å². The summed E-state index contributed by atoms with van der Waals surface area (Å²) in [6.45, 7) is 6.62. The van der Waals surface area contributed by atoms with Crippen molar-refractivity contribution in [3.63, 3.8) is 0 Å². The van der Waals surface area contributed by atoms with Crippen molar-refractivity contribution < 1.29 is 19.2 Å². The zero-order chi connectivity index (χ0) is 27.8. The second-order valence-electron chi connectivity index (χ2n) is 10.9. The molecule has 40 heavy (non-hydrogen) atoms. The Bertz CT molecular complexity index is 1320. The van der Waals surface area contributed by atoms with E-state index < -0.39 is 23.8 Å². The van der Waals surface area contributed by atoms with Gasteiger partial charge in [0.05, 0.1) is 15.6 Å². The molecule has 0 aliphatic carbocycles. The Balaban J connectivity index is 0.991. The Morgan fingerprint density at radius 2 is 1.55 bits per heavy atom. The van der Waals surface area contributed by atoms with E-state index in [-0.39, 0.29) is 18.7 Å². The Kier molecular flexibility index (Phi) is 7.54. The van der Waals surface area contributed by atoms with Gasteiger partial charge in [0.1, 0.15) is 6.04 Å². The third-order valence-corrected chi connectivity index (χ3v) is 8.93. The number of anilines is 2. The van der Waals surface area contributed by atoms with Gasteiger partial charge in [0.25, 0.3) is 11.8 Å². The van der Waals surface area contributed by atoms with Crippen molar-refractivity contribution in [2.24, 2.45) is 5.92 Å². The fourth-order valence-electron chi connectivity index (χ4n) is 6.14. The Hall–Kier alpha value is -3.38. The van der Waals surface area contributed by atoms with Crippen LogP contribution in [0.15, 0.2) is 35.1 Å². The zero-order valence-electron chi connectivity index (χ0n) is 22.2. The lowest BCUT2D eigenvalue weighted by atomic mass is 9.93. The summed E-state index contributed by atoms with van der Waals surface area (Å²) in [5.74, 6) is -0.395.